The molecule has 2 aromatic rings. The molecule has 1 aliphatic heterocycles. The number of fused-ring (bicyclic) bond motifs is 1. The predicted molar refractivity (Wildman–Crippen MR) is 112 cm³/mol. The van der Waals surface area contributed by atoms with E-state index < -0.39 is 23.6 Å². The molecule has 1 unspecified atom stereocenters. The Bertz CT molecular complexity index is 892. The fraction of sp³-hybridized carbons (Fsp3) is 0.545. The van der Waals surface area contributed by atoms with Crippen molar-refractivity contribution in [2.45, 2.75) is 63.8 Å². The standard InChI is InChI=1S/C22H30FN3O4/c1-22(2,3)30-21(27)25-17(18-9-7-14(24)12-29-18)11-15-16(23)8-5-13-6-10-19(28-4)26-20(13)15/h5-6,8,10,14,17-18H,7,9,11-12,24H2,1-4H3,(H,25,27)/t14?,17-,18-/m0/s1. The summed E-state index contributed by atoms with van der Waals surface area (Å²) < 4.78 is 31.4. The van der Waals surface area contributed by atoms with E-state index >= 15 is 0 Å². The van der Waals surface area contributed by atoms with Crippen molar-refractivity contribution in [2.24, 2.45) is 5.73 Å². The van der Waals surface area contributed by atoms with Crippen molar-refractivity contribution in [3.8, 4) is 5.88 Å². The lowest BCUT2D eigenvalue weighted by Gasteiger charge is -2.34. The molecule has 0 bridgehead atoms. The number of benzene rings is 1. The summed E-state index contributed by atoms with van der Waals surface area (Å²) >= 11 is 0. The molecule has 0 aliphatic carbocycles. The molecule has 1 aromatic heterocycles. The van der Waals surface area contributed by atoms with Crippen LogP contribution in [0.4, 0.5) is 9.18 Å². The Morgan fingerprint density at radius 3 is 2.70 bits per heavy atom. The van der Waals surface area contributed by atoms with Crippen LogP contribution in [0.25, 0.3) is 10.9 Å². The van der Waals surface area contributed by atoms with Gasteiger partial charge in [0.25, 0.3) is 0 Å². The summed E-state index contributed by atoms with van der Waals surface area (Å²) in [5.74, 6) is -0.00218. The smallest absolute Gasteiger partial charge is 0.407 e. The zero-order chi connectivity index (χ0) is 21.9. The van der Waals surface area contributed by atoms with Crippen LogP contribution in [-0.2, 0) is 15.9 Å². The number of alkyl carbamates (subject to hydrolysis) is 1. The molecule has 1 saturated heterocycles. The summed E-state index contributed by atoms with van der Waals surface area (Å²) in [5, 5.41) is 3.66. The van der Waals surface area contributed by atoms with Crippen LogP contribution in [-0.4, -0.2) is 48.6 Å². The number of nitrogens with one attached hydrogen (secondary N) is 1. The molecule has 0 saturated carbocycles. The Hall–Kier alpha value is -2.45. The minimum absolute atomic E-state index is 0.0383. The van der Waals surface area contributed by atoms with Gasteiger partial charge >= 0.3 is 6.09 Å². The third kappa shape index (κ3) is 5.58. The molecule has 0 spiro atoms. The van der Waals surface area contributed by atoms with Gasteiger partial charge in [-0.3, -0.25) is 0 Å². The second-order valence-corrected chi connectivity index (χ2v) is 8.62. The number of carbonyl (C=O) groups excluding carboxylic acids is 1. The van der Waals surface area contributed by atoms with Gasteiger partial charge in [-0.05, 0) is 51.8 Å². The number of amides is 1. The number of carbonyl (C=O) groups is 1. The molecule has 3 atom stereocenters. The highest BCUT2D eigenvalue weighted by molar-refractivity contribution is 5.82. The molecule has 7 nitrogen and oxygen atoms in total. The van der Waals surface area contributed by atoms with E-state index in [0.29, 0.717) is 30.0 Å². The molecule has 30 heavy (non-hydrogen) atoms. The first kappa shape index (κ1) is 22.2. The SMILES string of the molecule is COc1ccc2ccc(F)c(C[C@H](NC(=O)OC(C)(C)C)[C@@H]3CCC(N)CO3)c2n1. The lowest BCUT2D eigenvalue weighted by Crippen LogP contribution is -2.51. The maximum absolute atomic E-state index is 14.9. The number of hydrogen-bond acceptors (Lipinski definition) is 6. The van der Waals surface area contributed by atoms with Crippen molar-refractivity contribution in [2.75, 3.05) is 13.7 Å². The minimum atomic E-state index is -0.649. The summed E-state index contributed by atoms with van der Waals surface area (Å²) in [6, 6.07) is 6.10. The molecule has 2 heterocycles. The summed E-state index contributed by atoms with van der Waals surface area (Å²) in [4.78, 5) is 16.9. The largest absolute Gasteiger partial charge is 0.481 e. The first-order valence-electron chi connectivity index (χ1n) is 10.1. The first-order chi connectivity index (χ1) is 14.2. The van der Waals surface area contributed by atoms with Gasteiger partial charge in [-0.25, -0.2) is 14.2 Å². The van der Waals surface area contributed by atoms with E-state index in [2.05, 4.69) is 10.3 Å². The van der Waals surface area contributed by atoms with E-state index in [1.807, 2.05) is 6.07 Å². The van der Waals surface area contributed by atoms with Crippen molar-refractivity contribution in [3.05, 3.63) is 35.6 Å². The molecule has 0 radical (unpaired) electrons. The summed E-state index contributed by atoms with van der Waals surface area (Å²) in [5.41, 5.74) is 6.19. The Morgan fingerprint density at radius 1 is 1.33 bits per heavy atom. The highest BCUT2D eigenvalue weighted by Gasteiger charge is 2.31. The Morgan fingerprint density at radius 2 is 2.07 bits per heavy atom. The molecule has 1 aromatic carbocycles. The van der Waals surface area contributed by atoms with Gasteiger partial charge in [0.15, 0.2) is 0 Å². The van der Waals surface area contributed by atoms with Gasteiger partial charge in [0.2, 0.25) is 5.88 Å². The zero-order valence-electron chi connectivity index (χ0n) is 17.9. The summed E-state index contributed by atoms with van der Waals surface area (Å²) in [6.07, 6.45) is 0.740. The van der Waals surface area contributed by atoms with Crippen LogP contribution in [0.15, 0.2) is 24.3 Å². The van der Waals surface area contributed by atoms with Crippen LogP contribution >= 0.6 is 0 Å². The number of nitrogens with two attached hydrogens (primary N) is 1. The molecule has 3 rings (SSSR count). The minimum Gasteiger partial charge on any atom is -0.481 e. The topological polar surface area (TPSA) is 95.7 Å². The third-order valence-corrected chi connectivity index (χ3v) is 5.01. The maximum atomic E-state index is 14.9. The molecule has 8 heteroatoms. The van der Waals surface area contributed by atoms with Crippen LogP contribution < -0.4 is 15.8 Å². The lowest BCUT2D eigenvalue weighted by atomic mass is 9.93. The Kier molecular flexibility index (Phi) is 6.77. The highest BCUT2D eigenvalue weighted by atomic mass is 19.1. The van der Waals surface area contributed by atoms with Gasteiger partial charge in [0, 0.05) is 29.5 Å². The van der Waals surface area contributed by atoms with E-state index in [9.17, 15) is 9.18 Å². The van der Waals surface area contributed by atoms with E-state index in [1.165, 1.54) is 13.2 Å². The van der Waals surface area contributed by atoms with Crippen LogP contribution in [0.5, 0.6) is 5.88 Å². The van der Waals surface area contributed by atoms with Crippen molar-refractivity contribution in [3.63, 3.8) is 0 Å². The number of nitrogens with zero attached hydrogens (tertiary/aromatic N) is 1. The van der Waals surface area contributed by atoms with Crippen molar-refractivity contribution >= 4 is 17.0 Å². The highest BCUT2D eigenvalue weighted by Crippen LogP contribution is 2.26. The molecule has 1 aliphatic rings. The molecular weight excluding hydrogens is 389 g/mol. The van der Waals surface area contributed by atoms with Gasteiger partial charge in [0.05, 0.1) is 31.4 Å². The molecule has 1 amide bonds. The van der Waals surface area contributed by atoms with Gasteiger partial charge in [-0.1, -0.05) is 0 Å². The molecule has 3 N–H and O–H groups in total. The predicted octanol–water partition coefficient (Wildman–Crippen LogP) is 3.32. The molecular formula is C22H30FN3O4. The number of ether oxygens (including phenoxy) is 3. The number of halogens is 1. The van der Waals surface area contributed by atoms with E-state index in [0.717, 1.165) is 11.8 Å². The average Bonchev–Trinajstić information content (AvgIpc) is 2.68. The number of aromatic nitrogens is 1. The van der Waals surface area contributed by atoms with Crippen molar-refractivity contribution in [1.82, 2.24) is 10.3 Å². The number of rotatable bonds is 5. The summed E-state index contributed by atoms with van der Waals surface area (Å²) in [7, 11) is 1.51. The van der Waals surface area contributed by atoms with Crippen molar-refractivity contribution in [1.29, 1.82) is 0 Å². The van der Waals surface area contributed by atoms with Crippen molar-refractivity contribution < 1.29 is 23.4 Å². The monoisotopic (exact) mass is 419 g/mol. The number of methoxy groups -OCH3 is 1. The van der Waals surface area contributed by atoms with Gasteiger partial charge < -0.3 is 25.3 Å². The van der Waals surface area contributed by atoms with Crippen LogP contribution in [0.2, 0.25) is 0 Å². The van der Waals surface area contributed by atoms with E-state index in [-0.39, 0.29) is 18.6 Å². The summed E-state index contributed by atoms with van der Waals surface area (Å²) in [6.45, 7) is 5.76. The fourth-order valence-electron chi connectivity index (χ4n) is 3.58. The van der Waals surface area contributed by atoms with Gasteiger partial charge in [-0.2, -0.15) is 0 Å². The maximum Gasteiger partial charge on any atom is 0.407 e. The molecule has 1 fully saturated rings. The molecule has 164 valence electrons. The average molecular weight is 419 g/mol. The second-order valence-electron chi connectivity index (χ2n) is 8.62. The number of pyridine rings is 1. The third-order valence-electron chi connectivity index (χ3n) is 5.01. The van der Waals surface area contributed by atoms with Crippen LogP contribution in [0.1, 0.15) is 39.2 Å². The Labute approximate surface area is 176 Å². The normalized spacial score (nSPS) is 20.6. The quantitative estimate of drug-likeness (QED) is 0.772. The van der Waals surface area contributed by atoms with Crippen LogP contribution in [0.3, 0.4) is 0 Å². The van der Waals surface area contributed by atoms with E-state index in [4.69, 9.17) is 19.9 Å². The van der Waals surface area contributed by atoms with E-state index in [1.54, 1.807) is 32.9 Å². The lowest BCUT2D eigenvalue weighted by molar-refractivity contribution is -0.0204. The first-order valence-corrected chi connectivity index (χ1v) is 10.1. The Balaban J connectivity index is 1.92. The fourth-order valence-corrected chi connectivity index (χ4v) is 3.58. The van der Waals surface area contributed by atoms with Gasteiger partial charge in [-0.15, -0.1) is 0 Å². The zero-order valence-corrected chi connectivity index (χ0v) is 17.9. The van der Waals surface area contributed by atoms with Gasteiger partial charge in [0.1, 0.15) is 11.4 Å². The van der Waals surface area contributed by atoms with Crippen LogP contribution in [0, 0.1) is 5.82 Å². The second kappa shape index (κ2) is 9.14. The number of hydrogen-bond donors (Lipinski definition) is 2.